The highest BCUT2D eigenvalue weighted by atomic mass is 16.6. The zero-order valence-corrected chi connectivity index (χ0v) is 20.0. The van der Waals surface area contributed by atoms with Crippen LogP contribution in [0.25, 0.3) is 0 Å². The first-order chi connectivity index (χ1) is 16.3. The summed E-state index contributed by atoms with van der Waals surface area (Å²) in [5, 5.41) is 14.6. The number of aromatic nitrogens is 2. The van der Waals surface area contributed by atoms with E-state index in [1.807, 2.05) is 13.8 Å². The normalized spacial score (nSPS) is 15.1. The molecule has 2 aromatic rings. The molecule has 182 valence electrons. The van der Waals surface area contributed by atoms with Crippen LogP contribution in [0.4, 0.5) is 11.5 Å². The van der Waals surface area contributed by atoms with E-state index in [0.717, 1.165) is 13.1 Å². The van der Waals surface area contributed by atoms with E-state index in [1.165, 1.54) is 19.2 Å². The van der Waals surface area contributed by atoms with Crippen molar-refractivity contribution in [1.29, 1.82) is 0 Å². The number of nitrogens with one attached hydrogen (secondary N) is 1. The number of fused-ring (bicyclic) bond motifs is 1. The topological polar surface area (TPSA) is 129 Å². The maximum absolute atomic E-state index is 12.9. The summed E-state index contributed by atoms with van der Waals surface area (Å²) in [6, 6.07) is 5.27. The standard InChI is InChI=1S/C23H29N5O6/c1-6-26(7-2)13-17-25-19(23(30)34-8-3)21-24-14(4)18(22(29)33-5)20(27(17)21)15-10-9-11-16(12-15)28(31)32/h9-12,20,24H,6-8,13H2,1-5H3. The fraction of sp³-hybridized carbons (Fsp3) is 0.435. The van der Waals surface area contributed by atoms with E-state index < -0.39 is 22.9 Å². The van der Waals surface area contributed by atoms with E-state index in [-0.39, 0.29) is 23.6 Å². The SMILES string of the molecule is CCOC(=O)c1nc(CN(CC)CC)n2c1NC(C)=C(C(=O)OC)C2c1cccc([N+](=O)[O-])c1. The zero-order valence-electron chi connectivity index (χ0n) is 20.0. The number of hydrogen-bond donors (Lipinski definition) is 1. The van der Waals surface area contributed by atoms with Crippen LogP contribution >= 0.6 is 0 Å². The van der Waals surface area contributed by atoms with Crippen LogP contribution in [-0.4, -0.2) is 58.1 Å². The van der Waals surface area contributed by atoms with Gasteiger partial charge in [0.15, 0.2) is 5.69 Å². The number of carbonyl (C=O) groups excluding carboxylic acids is 2. The van der Waals surface area contributed by atoms with Crippen molar-refractivity contribution in [2.24, 2.45) is 0 Å². The number of imidazole rings is 1. The number of nitro benzene ring substituents is 1. The second-order valence-corrected chi connectivity index (χ2v) is 7.69. The Morgan fingerprint density at radius 1 is 1.24 bits per heavy atom. The molecule has 0 bridgehead atoms. The van der Waals surface area contributed by atoms with E-state index in [0.29, 0.717) is 29.4 Å². The maximum atomic E-state index is 12.9. The number of esters is 2. The zero-order chi connectivity index (χ0) is 25.0. The smallest absolute Gasteiger partial charge is 0.360 e. The summed E-state index contributed by atoms with van der Waals surface area (Å²) in [7, 11) is 1.28. The molecule has 0 fully saturated rings. The largest absolute Gasteiger partial charge is 0.466 e. The summed E-state index contributed by atoms with van der Waals surface area (Å²) in [6.45, 7) is 9.45. The molecule has 0 amide bonds. The van der Waals surface area contributed by atoms with Gasteiger partial charge in [-0.2, -0.15) is 0 Å². The quantitative estimate of drug-likeness (QED) is 0.333. The van der Waals surface area contributed by atoms with Gasteiger partial charge in [-0.1, -0.05) is 26.0 Å². The van der Waals surface area contributed by atoms with Gasteiger partial charge in [-0.15, -0.1) is 0 Å². The van der Waals surface area contributed by atoms with Crippen LogP contribution in [0.3, 0.4) is 0 Å². The Morgan fingerprint density at radius 2 is 1.94 bits per heavy atom. The number of hydrogen-bond acceptors (Lipinski definition) is 9. The van der Waals surface area contributed by atoms with E-state index in [1.54, 1.807) is 30.5 Å². The molecule has 11 nitrogen and oxygen atoms in total. The van der Waals surface area contributed by atoms with Crippen molar-refractivity contribution in [2.45, 2.75) is 40.3 Å². The van der Waals surface area contributed by atoms with Gasteiger partial charge in [-0.25, -0.2) is 14.6 Å². The van der Waals surface area contributed by atoms with Crippen molar-refractivity contribution in [3.63, 3.8) is 0 Å². The fourth-order valence-corrected chi connectivity index (χ4v) is 4.06. The third-order valence-corrected chi connectivity index (χ3v) is 5.76. The van der Waals surface area contributed by atoms with Gasteiger partial charge in [0.05, 0.1) is 36.8 Å². The van der Waals surface area contributed by atoms with Crippen molar-refractivity contribution in [3.8, 4) is 0 Å². The second-order valence-electron chi connectivity index (χ2n) is 7.69. The first kappa shape index (κ1) is 24.9. The Kier molecular flexibility index (Phi) is 7.67. The Balaban J connectivity index is 2.32. The molecule has 1 atom stereocenters. The first-order valence-electron chi connectivity index (χ1n) is 11.1. The molecule has 1 aromatic heterocycles. The average molecular weight is 472 g/mol. The number of ether oxygens (including phenoxy) is 2. The fourth-order valence-electron chi connectivity index (χ4n) is 4.06. The molecular weight excluding hydrogens is 442 g/mol. The molecule has 0 spiro atoms. The molecule has 34 heavy (non-hydrogen) atoms. The molecule has 1 N–H and O–H groups in total. The summed E-state index contributed by atoms with van der Waals surface area (Å²) in [6.07, 6.45) is 0. The molecule has 1 aliphatic heterocycles. The van der Waals surface area contributed by atoms with Crippen molar-refractivity contribution < 1.29 is 24.0 Å². The number of rotatable bonds is 9. The van der Waals surface area contributed by atoms with Crippen molar-refractivity contribution in [2.75, 3.05) is 32.1 Å². The number of nitrogens with zero attached hydrogens (tertiary/aromatic N) is 4. The number of methoxy groups -OCH3 is 1. The molecule has 0 aliphatic carbocycles. The summed E-state index contributed by atoms with van der Waals surface area (Å²) >= 11 is 0. The summed E-state index contributed by atoms with van der Waals surface area (Å²) in [4.78, 5) is 43.4. The number of nitro groups is 1. The third kappa shape index (κ3) is 4.65. The molecule has 1 unspecified atom stereocenters. The van der Waals surface area contributed by atoms with Gasteiger partial charge in [0.2, 0.25) is 0 Å². The van der Waals surface area contributed by atoms with Crippen LogP contribution < -0.4 is 5.32 Å². The summed E-state index contributed by atoms with van der Waals surface area (Å²) < 4.78 is 12.0. The Morgan fingerprint density at radius 3 is 2.53 bits per heavy atom. The van der Waals surface area contributed by atoms with Gasteiger partial charge in [0.1, 0.15) is 11.6 Å². The minimum absolute atomic E-state index is 0.0858. The highest BCUT2D eigenvalue weighted by molar-refractivity contribution is 5.96. The molecule has 11 heteroatoms. The van der Waals surface area contributed by atoms with Crippen LogP contribution in [0.5, 0.6) is 0 Å². The van der Waals surface area contributed by atoms with Gasteiger partial charge in [-0.3, -0.25) is 15.0 Å². The molecule has 2 heterocycles. The molecule has 3 rings (SSSR count). The molecule has 0 saturated heterocycles. The lowest BCUT2D eigenvalue weighted by molar-refractivity contribution is -0.384. The maximum Gasteiger partial charge on any atom is 0.360 e. The summed E-state index contributed by atoms with van der Waals surface area (Å²) in [5.41, 5.74) is 1.18. The lowest BCUT2D eigenvalue weighted by atomic mass is 9.94. The summed E-state index contributed by atoms with van der Waals surface area (Å²) in [5.74, 6) is -0.314. The Labute approximate surface area is 197 Å². The van der Waals surface area contributed by atoms with Crippen molar-refractivity contribution in [3.05, 3.63) is 62.7 Å². The number of allylic oxidation sites excluding steroid dienone is 1. The third-order valence-electron chi connectivity index (χ3n) is 5.76. The second kappa shape index (κ2) is 10.5. The highest BCUT2D eigenvalue weighted by Gasteiger charge is 2.38. The highest BCUT2D eigenvalue weighted by Crippen LogP contribution is 2.40. The number of benzene rings is 1. The Bertz CT molecular complexity index is 1130. The average Bonchev–Trinajstić information content (AvgIpc) is 3.18. The van der Waals surface area contributed by atoms with Gasteiger partial charge in [0, 0.05) is 17.8 Å². The molecule has 0 saturated carbocycles. The number of carbonyl (C=O) groups is 2. The van der Waals surface area contributed by atoms with Crippen LogP contribution in [0.1, 0.15) is 55.6 Å². The van der Waals surface area contributed by atoms with Crippen LogP contribution in [0.2, 0.25) is 0 Å². The lowest BCUT2D eigenvalue weighted by Crippen LogP contribution is -2.32. The molecule has 1 aliphatic rings. The molecular formula is C23H29N5O6. The van der Waals surface area contributed by atoms with Crippen molar-refractivity contribution in [1.82, 2.24) is 14.5 Å². The van der Waals surface area contributed by atoms with E-state index in [2.05, 4.69) is 15.2 Å². The molecule has 1 aromatic carbocycles. The minimum atomic E-state index is -0.801. The lowest BCUT2D eigenvalue weighted by Gasteiger charge is -2.32. The van der Waals surface area contributed by atoms with Gasteiger partial charge in [0.25, 0.3) is 5.69 Å². The predicted octanol–water partition coefficient (Wildman–Crippen LogP) is 3.27. The van der Waals surface area contributed by atoms with Gasteiger partial charge >= 0.3 is 11.9 Å². The van der Waals surface area contributed by atoms with Crippen LogP contribution in [0, 0.1) is 10.1 Å². The molecule has 0 radical (unpaired) electrons. The van der Waals surface area contributed by atoms with Crippen molar-refractivity contribution >= 4 is 23.4 Å². The number of anilines is 1. The van der Waals surface area contributed by atoms with Gasteiger partial charge < -0.3 is 19.4 Å². The first-order valence-corrected chi connectivity index (χ1v) is 11.1. The van der Waals surface area contributed by atoms with Crippen LogP contribution in [0.15, 0.2) is 35.5 Å². The number of non-ortho nitro benzene ring substituents is 1. The van der Waals surface area contributed by atoms with Gasteiger partial charge in [-0.05, 0) is 32.5 Å². The minimum Gasteiger partial charge on any atom is -0.466 e. The Hall–Kier alpha value is -3.73. The van der Waals surface area contributed by atoms with E-state index >= 15 is 0 Å². The van der Waals surface area contributed by atoms with Crippen LogP contribution in [-0.2, 0) is 20.8 Å². The van der Waals surface area contributed by atoms with E-state index in [9.17, 15) is 19.7 Å². The predicted molar refractivity (Wildman–Crippen MR) is 124 cm³/mol. The van der Waals surface area contributed by atoms with E-state index in [4.69, 9.17) is 9.47 Å². The monoisotopic (exact) mass is 471 g/mol.